The Morgan fingerprint density at radius 1 is 1.23 bits per heavy atom. The molecule has 1 aliphatic rings. The highest BCUT2D eigenvalue weighted by molar-refractivity contribution is 7.17. The first-order valence-electron chi connectivity index (χ1n) is 6.86. The molecular weight excluding hydrogens is 315 g/mol. The third-order valence-electron chi connectivity index (χ3n) is 3.55. The zero-order valence-electron chi connectivity index (χ0n) is 11.7. The average molecular weight is 331 g/mol. The van der Waals surface area contributed by atoms with Gasteiger partial charge >= 0.3 is 12.1 Å². The predicted octanol–water partition coefficient (Wildman–Crippen LogP) is 4.00. The van der Waals surface area contributed by atoms with E-state index in [-0.39, 0.29) is 0 Å². The van der Waals surface area contributed by atoms with Crippen LogP contribution in [-0.4, -0.2) is 30.3 Å². The van der Waals surface area contributed by atoms with Gasteiger partial charge in [0.25, 0.3) is 0 Å². The van der Waals surface area contributed by atoms with E-state index in [0.29, 0.717) is 0 Å². The van der Waals surface area contributed by atoms with Crippen molar-refractivity contribution in [2.24, 2.45) is 0 Å². The molecule has 0 bridgehead atoms. The van der Waals surface area contributed by atoms with E-state index in [1.807, 2.05) is 11.3 Å². The third-order valence-corrected chi connectivity index (χ3v) is 4.43. The number of carboxylic acid groups (broad SMARTS) is 1. The van der Waals surface area contributed by atoms with Crippen molar-refractivity contribution in [3.63, 3.8) is 0 Å². The lowest BCUT2D eigenvalue weighted by Gasteiger charge is -2.23. The van der Waals surface area contributed by atoms with Crippen molar-refractivity contribution in [1.82, 2.24) is 5.32 Å². The maximum Gasteiger partial charge on any atom is 0.490 e. The van der Waals surface area contributed by atoms with Crippen molar-refractivity contribution in [3.05, 3.63) is 35.2 Å². The van der Waals surface area contributed by atoms with Crippen LogP contribution in [0, 0.1) is 0 Å². The molecular formula is C15H16F3NO2S. The zero-order chi connectivity index (χ0) is 16.2. The molecule has 0 unspecified atom stereocenters. The summed E-state index contributed by atoms with van der Waals surface area (Å²) in [6.07, 6.45) is -2.51. The Morgan fingerprint density at radius 3 is 2.45 bits per heavy atom. The summed E-state index contributed by atoms with van der Waals surface area (Å²) >= 11 is 1.85. The Labute approximate surface area is 129 Å². The van der Waals surface area contributed by atoms with Gasteiger partial charge in [-0.1, -0.05) is 12.1 Å². The molecule has 120 valence electrons. The second kappa shape index (κ2) is 7.11. The largest absolute Gasteiger partial charge is 0.490 e. The van der Waals surface area contributed by atoms with Gasteiger partial charge in [-0.15, -0.1) is 11.3 Å². The summed E-state index contributed by atoms with van der Waals surface area (Å²) in [5.41, 5.74) is 1.57. The molecule has 0 amide bonds. The predicted molar refractivity (Wildman–Crippen MR) is 80.4 cm³/mol. The normalized spacial score (nSPS) is 16.1. The van der Waals surface area contributed by atoms with Crippen LogP contribution >= 0.6 is 11.3 Å². The molecule has 1 saturated heterocycles. The number of carbonyl (C=O) groups is 1. The van der Waals surface area contributed by atoms with Gasteiger partial charge in [-0.05, 0) is 60.3 Å². The number of fused-ring (bicyclic) bond motifs is 1. The molecule has 0 saturated carbocycles. The number of piperidine rings is 1. The number of hydrogen-bond donors (Lipinski definition) is 2. The Morgan fingerprint density at radius 2 is 1.86 bits per heavy atom. The first-order chi connectivity index (χ1) is 10.4. The Kier molecular flexibility index (Phi) is 5.42. The second-order valence-corrected chi connectivity index (χ2v) is 5.95. The molecule has 1 aliphatic heterocycles. The van der Waals surface area contributed by atoms with Crippen molar-refractivity contribution < 1.29 is 23.1 Å². The number of hydrogen-bond acceptors (Lipinski definition) is 3. The molecule has 0 aliphatic carbocycles. The second-order valence-electron chi connectivity index (χ2n) is 5.01. The minimum absolute atomic E-state index is 0.768. The third kappa shape index (κ3) is 4.20. The van der Waals surface area contributed by atoms with E-state index in [1.165, 1.54) is 36.0 Å². The standard InChI is InChI=1S/C13H15NS.C2HF3O2/c1-2-11(10-4-7-14-8-5-10)12-6-9-15-13(12)3-1;3-2(4,5)1(6)7/h1-3,6,9-10,14H,4-5,7-8H2;(H,6,7). The minimum atomic E-state index is -5.08. The van der Waals surface area contributed by atoms with Crippen LogP contribution in [0.15, 0.2) is 29.6 Å². The van der Waals surface area contributed by atoms with Gasteiger partial charge in [-0.25, -0.2) is 4.79 Å². The summed E-state index contributed by atoms with van der Waals surface area (Å²) in [6.45, 7) is 2.34. The Balaban J connectivity index is 0.000000217. The molecule has 3 rings (SSSR count). The number of alkyl halides is 3. The van der Waals surface area contributed by atoms with Crippen LogP contribution in [0.1, 0.15) is 24.3 Å². The summed E-state index contributed by atoms with van der Waals surface area (Å²) in [5.74, 6) is -1.99. The van der Waals surface area contributed by atoms with Gasteiger partial charge in [0.05, 0.1) is 0 Å². The summed E-state index contributed by atoms with van der Waals surface area (Å²) in [4.78, 5) is 8.90. The quantitative estimate of drug-likeness (QED) is 0.830. The van der Waals surface area contributed by atoms with Crippen LogP contribution < -0.4 is 5.32 Å². The fourth-order valence-electron chi connectivity index (χ4n) is 2.51. The molecule has 1 fully saturated rings. The van der Waals surface area contributed by atoms with Crippen molar-refractivity contribution in [3.8, 4) is 0 Å². The molecule has 22 heavy (non-hydrogen) atoms. The summed E-state index contributed by atoms with van der Waals surface area (Å²) < 4.78 is 33.2. The van der Waals surface area contributed by atoms with Gasteiger partial charge in [-0.2, -0.15) is 13.2 Å². The molecule has 2 aromatic rings. The van der Waals surface area contributed by atoms with Crippen LogP contribution in [-0.2, 0) is 4.79 Å². The van der Waals surface area contributed by atoms with E-state index in [1.54, 1.807) is 5.56 Å². The molecule has 1 aromatic carbocycles. The number of benzene rings is 1. The Hall–Kier alpha value is -1.60. The van der Waals surface area contributed by atoms with Gasteiger partial charge < -0.3 is 10.4 Å². The van der Waals surface area contributed by atoms with Crippen LogP contribution in [0.2, 0.25) is 0 Å². The monoisotopic (exact) mass is 331 g/mol. The van der Waals surface area contributed by atoms with Crippen LogP contribution in [0.25, 0.3) is 10.1 Å². The van der Waals surface area contributed by atoms with Crippen molar-refractivity contribution >= 4 is 27.4 Å². The van der Waals surface area contributed by atoms with E-state index < -0.39 is 12.1 Å². The van der Waals surface area contributed by atoms with E-state index in [0.717, 1.165) is 5.92 Å². The maximum absolute atomic E-state index is 10.6. The lowest BCUT2D eigenvalue weighted by molar-refractivity contribution is -0.192. The topological polar surface area (TPSA) is 49.3 Å². The average Bonchev–Trinajstić information content (AvgIpc) is 2.96. The van der Waals surface area contributed by atoms with E-state index >= 15 is 0 Å². The SMILES string of the molecule is O=C(O)C(F)(F)F.c1cc(C2CCNCC2)c2ccsc2c1. The number of nitrogens with one attached hydrogen (secondary N) is 1. The zero-order valence-corrected chi connectivity index (χ0v) is 12.5. The van der Waals surface area contributed by atoms with Crippen LogP contribution in [0.3, 0.4) is 0 Å². The molecule has 7 heteroatoms. The van der Waals surface area contributed by atoms with E-state index in [4.69, 9.17) is 9.90 Å². The number of carboxylic acids is 1. The highest BCUT2D eigenvalue weighted by Crippen LogP contribution is 2.33. The van der Waals surface area contributed by atoms with E-state index in [2.05, 4.69) is 35.0 Å². The molecule has 0 spiro atoms. The molecule has 0 radical (unpaired) electrons. The van der Waals surface area contributed by atoms with E-state index in [9.17, 15) is 13.2 Å². The molecule has 1 aromatic heterocycles. The minimum Gasteiger partial charge on any atom is -0.475 e. The van der Waals surface area contributed by atoms with Crippen molar-refractivity contribution in [2.45, 2.75) is 24.9 Å². The van der Waals surface area contributed by atoms with Gasteiger partial charge in [-0.3, -0.25) is 0 Å². The van der Waals surface area contributed by atoms with Crippen molar-refractivity contribution in [2.75, 3.05) is 13.1 Å². The molecule has 2 N–H and O–H groups in total. The lowest BCUT2D eigenvalue weighted by atomic mass is 9.88. The lowest BCUT2D eigenvalue weighted by Crippen LogP contribution is -2.26. The number of aliphatic carboxylic acids is 1. The molecule has 0 atom stereocenters. The van der Waals surface area contributed by atoms with Gasteiger partial charge in [0, 0.05) is 4.70 Å². The molecule has 3 nitrogen and oxygen atoms in total. The highest BCUT2D eigenvalue weighted by Gasteiger charge is 2.38. The van der Waals surface area contributed by atoms with Gasteiger partial charge in [0.1, 0.15) is 0 Å². The number of thiophene rings is 1. The highest BCUT2D eigenvalue weighted by atomic mass is 32.1. The summed E-state index contributed by atoms with van der Waals surface area (Å²) in [7, 11) is 0. The first-order valence-corrected chi connectivity index (χ1v) is 7.74. The maximum atomic E-state index is 10.6. The fraction of sp³-hybridized carbons (Fsp3) is 0.400. The summed E-state index contributed by atoms with van der Waals surface area (Å²) in [5, 5.41) is 14.2. The first kappa shape index (κ1) is 16.8. The van der Waals surface area contributed by atoms with Crippen LogP contribution in [0.4, 0.5) is 13.2 Å². The Bertz CT molecular complexity index is 633. The smallest absolute Gasteiger partial charge is 0.475 e. The molecule has 2 heterocycles. The van der Waals surface area contributed by atoms with Crippen molar-refractivity contribution in [1.29, 1.82) is 0 Å². The van der Waals surface area contributed by atoms with Gasteiger partial charge in [0.15, 0.2) is 0 Å². The number of halogens is 3. The number of rotatable bonds is 1. The fourth-order valence-corrected chi connectivity index (χ4v) is 3.33. The van der Waals surface area contributed by atoms with Crippen LogP contribution in [0.5, 0.6) is 0 Å². The summed E-state index contributed by atoms with van der Waals surface area (Å²) in [6, 6.07) is 9.02. The van der Waals surface area contributed by atoms with Gasteiger partial charge in [0.2, 0.25) is 0 Å².